The lowest BCUT2D eigenvalue weighted by atomic mass is 10.1. The zero-order valence-corrected chi connectivity index (χ0v) is 16.6. The highest BCUT2D eigenvalue weighted by Crippen LogP contribution is 2.28. The number of esters is 1. The molecular formula is C23H20N2O5. The first-order valence-corrected chi connectivity index (χ1v) is 9.16. The third-order valence-electron chi connectivity index (χ3n) is 4.41. The van der Waals surface area contributed by atoms with E-state index in [2.05, 4.69) is 4.98 Å². The van der Waals surface area contributed by atoms with Gasteiger partial charge < -0.3 is 19.2 Å². The Morgan fingerprint density at radius 1 is 1.17 bits per heavy atom. The summed E-state index contributed by atoms with van der Waals surface area (Å²) in [6.07, 6.45) is 2.78. The van der Waals surface area contributed by atoms with Crippen LogP contribution in [0.4, 0.5) is 0 Å². The SMILES string of the molecule is COc1cc(/C=C/C(=O)OCC(=O)c2c(C)[nH]c3ccccc23)ccc1OCC#N. The van der Waals surface area contributed by atoms with Gasteiger partial charge in [-0.2, -0.15) is 5.26 Å². The van der Waals surface area contributed by atoms with Crippen LogP contribution in [-0.2, 0) is 9.53 Å². The van der Waals surface area contributed by atoms with Crippen LogP contribution in [0.3, 0.4) is 0 Å². The number of aromatic amines is 1. The fourth-order valence-electron chi connectivity index (χ4n) is 3.07. The predicted molar refractivity (Wildman–Crippen MR) is 111 cm³/mol. The molecule has 0 radical (unpaired) electrons. The second kappa shape index (κ2) is 9.43. The molecule has 152 valence electrons. The lowest BCUT2D eigenvalue weighted by Crippen LogP contribution is -2.13. The number of hydrogen-bond donors (Lipinski definition) is 1. The molecule has 1 heterocycles. The largest absolute Gasteiger partial charge is 0.493 e. The highest BCUT2D eigenvalue weighted by molar-refractivity contribution is 6.10. The summed E-state index contributed by atoms with van der Waals surface area (Å²) < 4.78 is 15.6. The molecule has 2 aromatic carbocycles. The summed E-state index contributed by atoms with van der Waals surface area (Å²) in [4.78, 5) is 27.7. The number of methoxy groups -OCH3 is 1. The molecule has 0 unspecified atom stereocenters. The maximum atomic E-state index is 12.6. The van der Waals surface area contributed by atoms with E-state index < -0.39 is 5.97 Å². The van der Waals surface area contributed by atoms with Crippen molar-refractivity contribution in [1.29, 1.82) is 5.26 Å². The summed E-state index contributed by atoms with van der Waals surface area (Å²) >= 11 is 0. The molecule has 0 aliphatic heterocycles. The third-order valence-corrected chi connectivity index (χ3v) is 4.41. The fraction of sp³-hybridized carbons (Fsp3) is 0.174. The number of aromatic nitrogens is 1. The molecule has 0 aliphatic rings. The lowest BCUT2D eigenvalue weighted by Gasteiger charge is -2.08. The van der Waals surface area contributed by atoms with E-state index in [9.17, 15) is 9.59 Å². The van der Waals surface area contributed by atoms with E-state index in [-0.39, 0.29) is 19.0 Å². The summed E-state index contributed by atoms with van der Waals surface area (Å²) in [6.45, 7) is 1.37. The molecule has 1 aromatic heterocycles. The van der Waals surface area contributed by atoms with E-state index in [0.717, 1.165) is 16.6 Å². The summed E-state index contributed by atoms with van der Waals surface area (Å²) in [5.74, 6) is -0.0405. The van der Waals surface area contributed by atoms with E-state index in [1.807, 2.05) is 37.3 Å². The van der Waals surface area contributed by atoms with Crippen LogP contribution in [-0.4, -0.2) is 37.1 Å². The van der Waals surface area contributed by atoms with Crippen LogP contribution in [0.25, 0.3) is 17.0 Å². The smallest absolute Gasteiger partial charge is 0.331 e. The van der Waals surface area contributed by atoms with Gasteiger partial charge in [-0.15, -0.1) is 0 Å². The van der Waals surface area contributed by atoms with Crippen molar-refractivity contribution in [3.8, 4) is 17.6 Å². The second-order valence-electron chi connectivity index (χ2n) is 6.39. The summed E-state index contributed by atoms with van der Waals surface area (Å²) in [7, 11) is 1.48. The number of H-pyrrole nitrogens is 1. The molecule has 0 amide bonds. The predicted octanol–water partition coefficient (Wildman–Crippen LogP) is 3.83. The van der Waals surface area contributed by atoms with Gasteiger partial charge in [-0.3, -0.25) is 4.79 Å². The number of ether oxygens (including phenoxy) is 3. The minimum absolute atomic E-state index is 0.0954. The van der Waals surface area contributed by atoms with Crippen molar-refractivity contribution in [3.05, 3.63) is 65.4 Å². The molecule has 0 aliphatic carbocycles. The highest BCUT2D eigenvalue weighted by atomic mass is 16.5. The van der Waals surface area contributed by atoms with Gasteiger partial charge in [-0.05, 0) is 36.8 Å². The van der Waals surface area contributed by atoms with Crippen LogP contribution >= 0.6 is 0 Å². The molecular weight excluding hydrogens is 384 g/mol. The molecule has 0 spiro atoms. The number of nitrogens with one attached hydrogen (secondary N) is 1. The van der Waals surface area contributed by atoms with Crippen molar-refractivity contribution in [3.63, 3.8) is 0 Å². The summed E-state index contributed by atoms with van der Waals surface area (Å²) in [5.41, 5.74) is 2.80. The maximum absolute atomic E-state index is 12.6. The highest BCUT2D eigenvalue weighted by Gasteiger charge is 2.17. The molecule has 3 rings (SSSR count). The first-order chi connectivity index (χ1) is 14.5. The molecule has 1 N–H and O–H groups in total. The number of nitriles is 1. The van der Waals surface area contributed by atoms with Gasteiger partial charge in [0.25, 0.3) is 0 Å². The van der Waals surface area contributed by atoms with Crippen molar-refractivity contribution >= 4 is 28.7 Å². The molecule has 0 bridgehead atoms. The van der Waals surface area contributed by atoms with Gasteiger partial charge in [0.1, 0.15) is 6.07 Å². The van der Waals surface area contributed by atoms with Crippen molar-refractivity contribution in [2.75, 3.05) is 20.3 Å². The molecule has 7 heteroatoms. The topological polar surface area (TPSA) is 101 Å². The van der Waals surface area contributed by atoms with E-state index in [1.165, 1.54) is 13.2 Å². The number of nitrogens with zero attached hydrogens (tertiary/aromatic N) is 1. The maximum Gasteiger partial charge on any atom is 0.331 e. The Morgan fingerprint density at radius 2 is 1.97 bits per heavy atom. The third kappa shape index (κ3) is 4.67. The zero-order valence-electron chi connectivity index (χ0n) is 16.6. The number of carbonyl (C=O) groups excluding carboxylic acids is 2. The summed E-state index contributed by atoms with van der Waals surface area (Å²) in [6, 6.07) is 14.4. The van der Waals surface area contributed by atoms with E-state index in [1.54, 1.807) is 24.3 Å². The van der Waals surface area contributed by atoms with Gasteiger partial charge in [0.15, 0.2) is 24.7 Å². The number of para-hydroxylation sites is 1. The van der Waals surface area contributed by atoms with E-state index in [4.69, 9.17) is 19.5 Å². The normalized spacial score (nSPS) is 10.7. The van der Waals surface area contributed by atoms with Gasteiger partial charge in [0.05, 0.1) is 7.11 Å². The lowest BCUT2D eigenvalue weighted by molar-refractivity contribution is -0.136. The second-order valence-corrected chi connectivity index (χ2v) is 6.39. The quantitative estimate of drug-likeness (QED) is 0.348. The molecule has 0 fully saturated rings. The Balaban J connectivity index is 1.63. The number of hydrogen-bond acceptors (Lipinski definition) is 6. The average Bonchev–Trinajstić information content (AvgIpc) is 3.10. The van der Waals surface area contributed by atoms with Gasteiger partial charge in [0.2, 0.25) is 5.78 Å². The minimum Gasteiger partial charge on any atom is -0.493 e. The fourth-order valence-corrected chi connectivity index (χ4v) is 3.07. The van der Waals surface area contributed by atoms with Gasteiger partial charge in [0, 0.05) is 28.2 Å². The number of ketones is 1. The summed E-state index contributed by atoms with van der Waals surface area (Å²) in [5, 5.41) is 9.41. The molecule has 0 saturated heterocycles. The first-order valence-electron chi connectivity index (χ1n) is 9.16. The zero-order chi connectivity index (χ0) is 21.5. The van der Waals surface area contributed by atoms with Crippen LogP contribution in [0.15, 0.2) is 48.5 Å². The molecule has 30 heavy (non-hydrogen) atoms. The van der Waals surface area contributed by atoms with Crippen LogP contribution in [0.1, 0.15) is 21.6 Å². The average molecular weight is 404 g/mol. The van der Waals surface area contributed by atoms with Crippen LogP contribution in [0.2, 0.25) is 0 Å². The van der Waals surface area contributed by atoms with E-state index >= 15 is 0 Å². The Morgan fingerprint density at radius 3 is 2.73 bits per heavy atom. The standard InChI is InChI=1S/C23H20N2O5/c1-15-23(17-5-3-4-6-18(17)25-15)19(26)14-30-22(27)10-8-16-7-9-20(29-12-11-24)21(13-16)28-2/h3-10,13,25H,12,14H2,1-2H3/b10-8+. The number of Topliss-reactive ketones (excluding diaryl/α,β-unsaturated/α-hetero) is 1. The van der Waals surface area contributed by atoms with Gasteiger partial charge in [-0.25, -0.2) is 4.79 Å². The number of fused-ring (bicyclic) bond motifs is 1. The van der Waals surface area contributed by atoms with Crippen LogP contribution in [0.5, 0.6) is 11.5 Å². The van der Waals surface area contributed by atoms with E-state index in [0.29, 0.717) is 22.6 Å². The van der Waals surface area contributed by atoms with Crippen LogP contribution in [0, 0.1) is 18.3 Å². The number of aryl methyl sites for hydroxylation is 1. The van der Waals surface area contributed by atoms with Crippen molar-refractivity contribution in [2.45, 2.75) is 6.92 Å². The number of benzene rings is 2. The Kier molecular flexibility index (Phi) is 6.50. The van der Waals surface area contributed by atoms with Gasteiger partial charge in [-0.1, -0.05) is 24.3 Å². The Bertz CT molecular complexity index is 1150. The Hall–Kier alpha value is -4.05. The minimum atomic E-state index is -0.635. The number of carbonyl (C=O) groups is 2. The van der Waals surface area contributed by atoms with Crippen molar-refractivity contribution in [1.82, 2.24) is 4.98 Å². The van der Waals surface area contributed by atoms with Crippen LogP contribution < -0.4 is 9.47 Å². The number of rotatable bonds is 8. The van der Waals surface area contributed by atoms with Gasteiger partial charge >= 0.3 is 5.97 Å². The molecule has 7 nitrogen and oxygen atoms in total. The first kappa shape index (κ1) is 20.7. The monoisotopic (exact) mass is 404 g/mol. The molecule has 0 atom stereocenters. The molecule has 0 saturated carbocycles. The van der Waals surface area contributed by atoms with Crippen molar-refractivity contribution in [2.24, 2.45) is 0 Å². The molecule has 3 aromatic rings. The Labute approximate surface area is 173 Å². The van der Waals surface area contributed by atoms with Crippen molar-refractivity contribution < 1.29 is 23.8 Å².